The molecule has 144 valence electrons. The van der Waals surface area contributed by atoms with Crippen LogP contribution in [0.5, 0.6) is 0 Å². The summed E-state index contributed by atoms with van der Waals surface area (Å²) in [6, 6.07) is 8.45. The first-order valence-corrected chi connectivity index (χ1v) is 9.90. The average Bonchev–Trinajstić information content (AvgIpc) is 2.99. The van der Waals surface area contributed by atoms with E-state index in [1.165, 1.54) is 11.4 Å². The maximum absolute atomic E-state index is 12.7. The normalized spacial score (nSPS) is 21.2. The summed E-state index contributed by atoms with van der Waals surface area (Å²) in [4.78, 5) is 21.8. The van der Waals surface area contributed by atoms with Gasteiger partial charge in [-0.2, -0.15) is 0 Å². The molecular weight excluding hydrogens is 338 g/mol. The smallest absolute Gasteiger partial charge is 0.240 e. The van der Waals surface area contributed by atoms with Crippen LogP contribution in [-0.4, -0.2) is 64.0 Å². The summed E-state index contributed by atoms with van der Waals surface area (Å²) in [5.41, 5.74) is 3.27. The van der Waals surface area contributed by atoms with Crippen molar-refractivity contribution in [3.8, 4) is 5.69 Å². The molecule has 27 heavy (non-hydrogen) atoms. The Morgan fingerprint density at radius 2 is 2.00 bits per heavy atom. The molecule has 4 rings (SSSR count). The summed E-state index contributed by atoms with van der Waals surface area (Å²) in [5.74, 6) is 0.219. The minimum absolute atomic E-state index is 0.219. The second-order valence-electron chi connectivity index (χ2n) is 7.85. The van der Waals surface area contributed by atoms with Crippen molar-refractivity contribution in [3.05, 3.63) is 48.0 Å². The van der Waals surface area contributed by atoms with E-state index in [0.717, 1.165) is 57.7 Å². The van der Waals surface area contributed by atoms with Crippen LogP contribution in [0.15, 0.2) is 36.7 Å². The first-order chi connectivity index (χ1) is 13.1. The highest BCUT2D eigenvalue weighted by Crippen LogP contribution is 2.31. The molecule has 1 amide bonds. The highest BCUT2D eigenvalue weighted by molar-refractivity contribution is 5.86. The highest BCUT2D eigenvalue weighted by atomic mass is 16.2. The summed E-state index contributed by atoms with van der Waals surface area (Å²) in [7, 11) is 2.11. The number of rotatable bonds is 3. The third-order valence-corrected chi connectivity index (χ3v) is 6.24. The maximum atomic E-state index is 12.7. The van der Waals surface area contributed by atoms with E-state index >= 15 is 0 Å². The zero-order chi connectivity index (χ0) is 18.9. The van der Waals surface area contributed by atoms with Crippen LogP contribution in [0.4, 0.5) is 0 Å². The molecule has 2 saturated heterocycles. The van der Waals surface area contributed by atoms with Crippen molar-refractivity contribution in [2.45, 2.75) is 38.3 Å². The maximum Gasteiger partial charge on any atom is 0.240 e. The Kier molecular flexibility index (Phi) is 5.02. The van der Waals surface area contributed by atoms with Crippen molar-refractivity contribution in [2.75, 3.05) is 33.2 Å². The van der Waals surface area contributed by atoms with E-state index in [0.29, 0.717) is 0 Å². The van der Waals surface area contributed by atoms with Crippen LogP contribution in [0.2, 0.25) is 0 Å². The van der Waals surface area contributed by atoms with Crippen molar-refractivity contribution in [1.82, 2.24) is 24.7 Å². The standard InChI is InChI=1S/C21H29N5O/c1-17-6-7-19(26(17)18-5-3-10-22-15-18)16-25-13-8-21(9-14-25)20(27)23-11-4-12-24(21)2/h3,5-7,10,15H,4,8-9,11-14,16H2,1-2H3,(H,23,27). The second-order valence-corrected chi connectivity index (χ2v) is 7.85. The minimum Gasteiger partial charge on any atom is -0.354 e. The number of nitrogens with zero attached hydrogens (tertiary/aromatic N) is 4. The molecule has 2 aliphatic rings. The summed E-state index contributed by atoms with van der Waals surface area (Å²) < 4.78 is 2.28. The van der Waals surface area contributed by atoms with Gasteiger partial charge in [-0.25, -0.2) is 0 Å². The van der Waals surface area contributed by atoms with Crippen LogP contribution in [0.25, 0.3) is 5.69 Å². The summed E-state index contributed by atoms with van der Waals surface area (Å²) in [6.07, 6.45) is 6.53. The minimum atomic E-state index is -0.325. The largest absolute Gasteiger partial charge is 0.354 e. The number of aromatic nitrogens is 2. The molecular formula is C21H29N5O. The van der Waals surface area contributed by atoms with Gasteiger partial charge in [-0.15, -0.1) is 0 Å². The van der Waals surface area contributed by atoms with Crippen LogP contribution < -0.4 is 5.32 Å². The molecule has 0 saturated carbocycles. The number of amides is 1. The van der Waals surface area contributed by atoms with Crippen LogP contribution in [0.1, 0.15) is 30.7 Å². The molecule has 0 aliphatic carbocycles. The van der Waals surface area contributed by atoms with E-state index in [2.05, 4.69) is 56.8 Å². The molecule has 6 heteroatoms. The van der Waals surface area contributed by atoms with Crippen molar-refractivity contribution < 1.29 is 4.79 Å². The third-order valence-electron chi connectivity index (χ3n) is 6.24. The van der Waals surface area contributed by atoms with Crippen LogP contribution >= 0.6 is 0 Å². The zero-order valence-corrected chi connectivity index (χ0v) is 16.3. The Labute approximate surface area is 161 Å². The van der Waals surface area contributed by atoms with Gasteiger partial charge in [0, 0.05) is 50.3 Å². The van der Waals surface area contributed by atoms with Gasteiger partial charge >= 0.3 is 0 Å². The molecule has 2 fully saturated rings. The number of piperidine rings is 1. The Morgan fingerprint density at radius 1 is 1.19 bits per heavy atom. The van der Waals surface area contributed by atoms with Gasteiger partial charge in [-0.3, -0.25) is 19.6 Å². The highest BCUT2D eigenvalue weighted by Gasteiger charge is 2.45. The monoisotopic (exact) mass is 367 g/mol. The number of likely N-dealkylation sites (tertiary alicyclic amines) is 1. The summed E-state index contributed by atoms with van der Waals surface area (Å²) >= 11 is 0. The SMILES string of the molecule is Cc1ccc(CN2CCC3(CC2)C(=O)NCCCN3C)n1-c1cccnc1. The van der Waals surface area contributed by atoms with Gasteiger partial charge in [0.1, 0.15) is 5.54 Å². The van der Waals surface area contributed by atoms with E-state index in [4.69, 9.17) is 0 Å². The van der Waals surface area contributed by atoms with Gasteiger partial charge < -0.3 is 9.88 Å². The first kappa shape index (κ1) is 18.2. The predicted octanol–water partition coefficient (Wildman–Crippen LogP) is 1.97. The van der Waals surface area contributed by atoms with Gasteiger partial charge in [0.05, 0.1) is 11.9 Å². The van der Waals surface area contributed by atoms with Crippen molar-refractivity contribution in [3.63, 3.8) is 0 Å². The molecule has 0 atom stereocenters. The number of pyridine rings is 1. The first-order valence-electron chi connectivity index (χ1n) is 9.90. The fourth-order valence-electron chi connectivity index (χ4n) is 4.56. The number of carbonyl (C=O) groups excluding carboxylic acids is 1. The summed E-state index contributed by atoms with van der Waals surface area (Å²) in [5, 5.41) is 3.12. The van der Waals surface area contributed by atoms with Gasteiger partial charge in [0.25, 0.3) is 0 Å². The molecule has 0 aromatic carbocycles. The quantitative estimate of drug-likeness (QED) is 0.901. The second kappa shape index (κ2) is 7.44. The zero-order valence-electron chi connectivity index (χ0n) is 16.3. The third kappa shape index (κ3) is 3.39. The van der Waals surface area contributed by atoms with Gasteiger partial charge in [0.15, 0.2) is 0 Å². The topological polar surface area (TPSA) is 53.4 Å². The number of aryl methyl sites for hydroxylation is 1. The number of hydrogen-bond donors (Lipinski definition) is 1. The van der Waals surface area contributed by atoms with Gasteiger partial charge in [-0.1, -0.05) is 0 Å². The Balaban J connectivity index is 1.48. The summed E-state index contributed by atoms with van der Waals surface area (Å²) in [6.45, 7) is 6.69. The molecule has 1 spiro atoms. The predicted molar refractivity (Wildman–Crippen MR) is 106 cm³/mol. The van der Waals surface area contributed by atoms with E-state index < -0.39 is 0 Å². The Bertz CT molecular complexity index is 792. The molecule has 4 heterocycles. The fraction of sp³-hybridized carbons (Fsp3) is 0.524. The van der Waals surface area contributed by atoms with Crippen molar-refractivity contribution in [2.24, 2.45) is 0 Å². The lowest BCUT2D eigenvalue weighted by atomic mass is 9.85. The average molecular weight is 367 g/mol. The molecule has 6 nitrogen and oxygen atoms in total. The molecule has 2 aromatic heterocycles. The fourth-order valence-corrected chi connectivity index (χ4v) is 4.56. The Morgan fingerprint density at radius 3 is 2.74 bits per heavy atom. The molecule has 2 aliphatic heterocycles. The lowest BCUT2D eigenvalue weighted by molar-refractivity contribution is -0.134. The number of likely N-dealkylation sites (N-methyl/N-ethyl adjacent to an activating group) is 1. The molecule has 0 bridgehead atoms. The van der Waals surface area contributed by atoms with Gasteiger partial charge in [-0.05, 0) is 57.5 Å². The van der Waals surface area contributed by atoms with E-state index in [-0.39, 0.29) is 11.4 Å². The number of carbonyl (C=O) groups is 1. The Hall–Kier alpha value is -2.18. The van der Waals surface area contributed by atoms with E-state index in [9.17, 15) is 4.79 Å². The van der Waals surface area contributed by atoms with Crippen molar-refractivity contribution >= 4 is 5.91 Å². The molecule has 0 unspecified atom stereocenters. The number of nitrogens with one attached hydrogen (secondary N) is 1. The lowest BCUT2D eigenvalue weighted by Crippen LogP contribution is -2.60. The lowest BCUT2D eigenvalue weighted by Gasteiger charge is -2.45. The van der Waals surface area contributed by atoms with Crippen molar-refractivity contribution in [1.29, 1.82) is 0 Å². The van der Waals surface area contributed by atoms with Gasteiger partial charge in [0.2, 0.25) is 5.91 Å². The van der Waals surface area contributed by atoms with Crippen LogP contribution in [0, 0.1) is 6.92 Å². The number of hydrogen-bond acceptors (Lipinski definition) is 4. The van der Waals surface area contributed by atoms with E-state index in [1.54, 1.807) is 6.20 Å². The van der Waals surface area contributed by atoms with E-state index in [1.807, 2.05) is 12.3 Å². The van der Waals surface area contributed by atoms with Crippen LogP contribution in [-0.2, 0) is 11.3 Å². The molecule has 0 radical (unpaired) electrons. The van der Waals surface area contributed by atoms with Crippen LogP contribution in [0.3, 0.4) is 0 Å². The molecule has 2 aromatic rings. The molecule has 1 N–H and O–H groups in total.